The number of aryl methyl sites for hydroxylation is 1. The van der Waals surface area contributed by atoms with Crippen LogP contribution in [0.15, 0.2) is 54.9 Å². The number of nitrogens with two attached hydrogens (primary N) is 1. The number of hydrogen-bond acceptors (Lipinski definition) is 6. The number of nitrogens with zero attached hydrogens (tertiary/aromatic N) is 5. The van der Waals surface area contributed by atoms with E-state index in [4.69, 9.17) is 5.73 Å². The lowest BCUT2D eigenvalue weighted by Gasteiger charge is -2.08. The Morgan fingerprint density at radius 1 is 1.00 bits per heavy atom. The zero-order valence-corrected chi connectivity index (χ0v) is 13.7. The molecule has 0 atom stereocenters. The Kier molecular flexibility index (Phi) is 3.74. The highest BCUT2D eigenvalue weighted by Gasteiger charge is 2.12. The van der Waals surface area contributed by atoms with Gasteiger partial charge in [0.05, 0.1) is 11.0 Å². The maximum absolute atomic E-state index is 6.05. The minimum absolute atomic E-state index is 0.339. The van der Waals surface area contributed by atoms with Gasteiger partial charge in [0.2, 0.25) is 17.8 Å². The Labute approximate surface area is 144 Å². The molecule has 2 heterocycles. The van der Waals surface area contributed by atoms with Crippen molar-refractivity contribution in [3.63, 3.8) is 0 Å². The minimum Gasteiger partial charge on any atom is -0.369 e. The highest BCUT2D eigenvalue weighted by Crippen LogP contribution is 2.21. The van der Waals surface area contributed by atoms with Gasteiger partial charge in [0.1, 0.15) is 6.33 Å². The molecule has 0 amide bonds. The van der Waals surface area contributed by atoms with Crippen molar-refractivity contribution in [2.45, 2.75) is 13.3 Å². The average molecular weight is 331 g/mol. The van der Waals surface area contributed by atoms with Crippen LogP contribution in [0, 0.1) is 0 Å². The van der Waals surface area contributed by atoms with Crippen molar-refractivity contribution < 1.29 is 0 Å². The number of nitrogens with one attached hydrogen (secondary N) is 1. The molecule has 7 heteroatoms. The number of nitrogen functional groups attached to an aromatic ring is 1. The normalized spacial score (nSPS) is 10.9. The van der Waals surface area contributed by atoms with Crippen molar-refractivity contribution in [1.82, 2.24) is 24.5 Å². The van der Waals surface area contributed by atoms with E-state index in [2.05, 4.69) is 44.3 Å². The number of imidazole rings is 1. The first-order valence-electron chi connectivity index (χ1n) is 8.03. The zero-order valence-electron chi connectivity index (χ0n) is 13.7. The molecule has 3 N–H and O–H groups in total. The first-order chi connectivity index (χ1) is 12.2. The van der Waals surface area contributed by atoms with E-state index < -0.39 is 0 Å². The maximum Gasteiger partial charge on any atom is 0.241 e. The Morgan fingerprint density at radius 3 is 2.60 bits per heavy atom. The van der Waals surface area contributed by atoms with Crippen molar-refractivity contribution in [3.05, 3.63) is 60.4 Å². The molecular formula is C18H17N7. The van der Waals surface area contributed by atoms with Crippen molar-refractivity contribution in [1.29, 1.82) is 0 Å². The molecule has 0 aliphatic carbocycles. The van der Waals surface area contributed by atoms with E-state index in [0.717, 1.165) is 23.1 Å². The molecule has 0 unspecified atom stereocenters. The van der Waals surface area contributed by atoms with Crippen molar-refractivity contribution in [2.24, 2.45) is 0 Å². The van der Waals surface area contributed by atoms with Crippen LogP contribution < -0.4 is 11.1 Å². The second-order valence-electron chi connectivity index (χ2n) is 5.58. The predicted molar refractivity (Wildman–Crippen MR) is 98.0 cm³/mol. The number of para-hydroxylation sites is 2. The van der Waals surface area contributed by atoms with Gasteiger partial charge in [0.15, 0.2) is 0 Å². The summed E-state index contributed by atoms with van der Waals surface area (Å²) in [6.07, 6.45) is 2.46. The van der Waals surface area contributed by atoms with Gasteiger partial charge in [-0.1, -0.05) is 31.2 Å². The summed E-state index contributed by atoms with van der Waals surface area (Å²) >= 11 is 0. The number of anilines is 3. The molecule has 0 saturated carbocycles. The van der Waals surface area contributed by atoms with E-state index >= 15 is 0 Å². The van der Waals surface area contributed by atoms with E-state index in [1.807, 2.05) is 36.4 Å². The van der Waals surface area contributed by atoms with Crippen molar-refractivity contribution >= 4 is 28.6 Å². The zero-order chi connectivity index (χ0) is 17.2. The second-order valence-corrected chi connectivity index (χ2v) is 5.58. The number of benzene rings is 2. The van der Waals surface area contributed by atoms with Gasteiger partial charge in [-0.2, -0.15) is 4.98 Å². The number of rotatable bonds is 4. The summed E-state index contributed by atoms with van der Waals surface area (Å²) in [4.78, 5) is 17.2. The van der Waals surface area contributed by atoms with Crippen molar-refractivity contribution in [2.75, 3.05) is 11.1 Å². The van der Waals surface area contributed by atoms with Crippen LogP contribution >= 0.6 is 0 Å². The van der Waals surface area contributed by atoms with E-state index in [9.17, 15) is 0 Å². The summed E-state index contributed by atoms with van der Waals surface area (Å²) in [6, 6.07) is 15.8. The maximum atomic E-state index is 6.05. The van der Waals surface area contributed by atoms with Gasteiger partial charge in [-0.05, 0) is 36.2 Å². The molecular weight excluding hydrogens is 314 g/mol. The molecule has 0 radical (unpaired) electrons. The smallest absolute Gasteiger partial charge is 0.241 e. The fourth-order valence-corrected chi connectivity index (χ4v) is 2.66. The molecule has 2 aromatic heterocycles. The van der Waals surface area contributed by atoms with Gasteiger partial charge in [-0.3, -0.25) is 0 Å². The molecule has 124 valence electrons. The van der Waals surface area contributed by atoms with Crippen LogP contribution in [0.1, 0.15) is 12.5 Å². The first-order valence-corrected chi connectivity index (χ1v) is 8.03. The highest BCUT2D eigenvalue weighted by atomic mass is 15.3. The SMILES string of the molecule is CCc1ccc(Nc2ncnc(-n3c(N)nc4ccccc43)n2)cc1. The summed E-state index contributed by atoms with van der Waals surface area (Å²) in [5.41, 5.74) is 9.89. The Bertz CT molecular complexity index is 1020. The Morgan fingerprint density at radius 2 is 1.80 bits per heavy atom. The molecule has 0 bridgehead atoms. The standard InChI is InChI=1S/C18H17N7/c1-2-12-7-9-13(10-8-12)22-17-20-11-21-18(24-17)25-15-6-4-3-5-14(15)23-16(25)19/h3-11H,2H2,1H3,(H2,19,23)(H,20,21,22,24). The van der Waals surface area contributed by atoms with Crippen LogP contribution in [-0.4, -0.2) is 24.5 Å². The second kappa shape index (κ2) is 6.20. The summed E-state index contributed by atoms with van der Waals surface area (Å²) in [5.74, 6) is 1.21. The molecule has 0 aliphatic heterocycles. The molecule has 0 aliphatic rings. The van der Waals surface area contributed by atoms with E-state index in [1.54, 1.807) is 4.57 Å². The summed E-state index contributed by atoms with van der Waals surface area (Å²) in [5, 5.41) is 3.19. The molecule has 4 aromatic rings. The fourth-order valence-electron chi connectivity index (χ4n) is 2.66. The van der Waals surface area contributed by atoms with Gasteiger partial charge < -0.3 is 11.1 Å². The van der Waals surface area contributed by atoms with Gasteiger partial charge in [0.25, 0.3) is 0 Å². The minimum atomic E-state index is 0.339. The Balaban J connectivity index is 1.70. The van der Waals surface area contributed by atoms with Crippen LogP contribution in [0.25, 0.3) is 17.0 Å². The molecule has 2 aromatic carbocycles. The van der Waals surface area contributed by atoms with Crippen LogP contribution in [0.4, 0.5) is 17.6 Å². The number of hydrogen-bond donors (Lipinski definition) is 2. The topological polar surface area (TPSA) is 94.5 Å². The third-order valence-electron chi connectivity index (χ3n) is 3.96. The predicted octanol–water partition coefficient (Wildman–Crippen LogP) is 3.10. The lowest BCUT2D eigenvalue weighted by Crippen LogP contribution is -2.08. The molecule has 25 heavy (non-hydrogen) atoms. The van der Waals surface area contributed by atoms with Gasteiger partial charge in [0, 0.05) is 5.69 Å². The van der Waals surface area contributed by atoms with Gasteiger partial charge >= 0.3 is 0 Å². The number of fused-ring (bicyclic) bond motifs is 1. The third kappa shape index (κ3) is 2.87. The van der Waals surface area contributed by atoms with Crippen LogP contribution in [-0.2, 0) is 6.42 Å². The van der Waals surface area contributed by atoms with Gasteiger partial charge in [-0.15, -0.1) is 0 Å². The fraction of sp³-hybridized carbons (Fsp3) is 0.111. The Hall–Kier alpha value is -3.48. The lowest BCUT2D eigenvalue weighted by molar-refractivity contribution is 0.926. The van der Waals surface area contributed by atoms with E-state index in [-0.39, 0.29) is 0 Å². The van der Waals surface area contributed by atoms with Gasteiger partial charge in [-0.25, -0.2) is 19.5 Å². The highest BCUT2D eigenvalue weighted by molar-refractivity contribution is 5.80. The molecule has 0 fully saturated rings. The summed E-state index contributed by atoms with van der Waals surface area (Å²) < 4.78 is 1.71. The summed E-state index contributed by atoms with van der Waals surface area (Å²) in [6.45, 7) is 2.13. The largest absolute Gasteiger partial charge is 0.369 e. The quantitative estimate of drug-likeness (QED) is 0.597. The van der Waals surface area contributed by atoms with E-state index in [0.29, 0.717) is 17.8 Å². The molecule has 7 nitrogen and oxygen atoms in total. The first kappa shape index (κ1) is 15.1. The molecule has 0 saturated heterocycles. The van der Waals surface area contributed by atoms with Crippen LogP contribution in [0.3, 0.4) is 0 Å². The van der Waals surface area contributed by atoms with Crippen molar-refractivity contribution in [3.8, 4) is 5.95 Å². The average Bonchev–Trinajstić information content (AvgIpc) is 2.98. The number of aromatic nitrogens is 5. The van der Waals surface area contributed by atoms with Crippen LogP contribution in [0.2, 0.25) is 0 Å². The van der Waals surface area contributed by atoms with Crippen LogP contribution in [0.5, 0.6) is 0 Å². The third-order valence-corrected chi connectivity index (χ3v) is 3.96. The monoisotopic (exact) mass is 331 g/mol. The molecule has 4 rings (SSSR count). The molecule has 0 spiro atoms. The lowest BCUT2D eigenvalue weighted by atomic mass is 10.1. The van der Waals surface area contributed by atoms with E-state index in [1.165, 1.54) is 11.9 Å². The summed E-state index contributed by atoms with van der Waals surface area (Å²) in [7, 11) is 0.